The van der Waals surface area contributed by atoms with E-state index in [9.17, 15) is 0 Å². The Morgan fingerprint density at radius 3 is 2.96 bits per heavy atom. The Morgan fingerprint density at radius 1 is 1.29 bits per heavy atom. The van der Waals surface area contributed by atoms with E-state index in [4.69, 9.17) is 19.2 Å². The van der Waals surface area contributed by atoms with Gasteiger partial charge in [0, 0.05) is 30.4 Å². The molecule has 0 saturated carbocycles. The lowest BCUT2D eigenvalue weighted by molar-refractivity contribution is 0.193. The Kier molecular flexibility index (Phi) is 3.78. The van der Waals surface area contributed by atoms with Crippen molar-refractivity contribution in [3.8, 4) is 22.8 Å². The maximum absolute atomic E-state index is 5.51. The number of fused-ring (bicyclic) bond motifs is 1. The molecule has 0 aliphatic carbocycles. The van der Waals surface area contributed by atoms with E-state index in [-0.39, 0.29) is 5.92 Å². The topological polar surface area (TPSA) is 70.8 Å². The van der Waals surface area contributed by atoms with Crippen molar-refractivity contribution in [2.24, 2.45) is 0 Å². The molecular weight excluding hydrogens is 308 g/mol. The van der Waals surface area contributed by atoms with Crippen LogP contribution in [0.2, 0.25) is 0 Å². The van der Waals surface area contributed by atoms with Crippen molar-refractivity contribution < 1.29 is 14.2 Å². The van der Waals surface area contributed by atoms with E-state index >= 15 is 0 Å². The molecule has 7 heteroatoms. The number of methoxy groups -OCH3 is 2. The van der Waals surface area contributed by atoms with E-state index in [0.29, 0.717) is 12.5 Å². The molecule has 1 atom stereocenters. The first-order valence-electron chi connectivity index (χ1n) is 7.80. The SMILES string of the molecule is COc1cc(-c2cnn3cc(OC)c(C4CCOC4)nc23)ccn1. The Morgan fingerprint density at radius 2 is 2.21 bits per heavy atom. The molecule has 0 radical (unpaired) electrons. The van der Waals surface area contributed by atoms with E-state index in [0.717, 1.165) is 41.2 Å². The van der Waals surface area contributed by atoms with Crippen molar-refractivity contribution in [3.63, 3.8) is 0 Å². The summed E-state index contributed by atoms with van der Waals surface area (Å²) in [6.45, 7) is 1.43. The lowest BCUT2D eigenvalue weighted by Gasteiger charge is -2.13. The summed E-state index contributed by atoms with van der Waals surface area (Å²) >= 11 is 0. The Labute approximate surface area is 139 Å². The quantitative estimate of drug-likeness (QED) is 0.733. The molecule has 1 saturated heterocycles. The fraction of sp³-hybridized carbons (Fsp3) is 0.353. The van der Waals surface area contributed by atoms with Crippen molar-refractivity contribution in [3.05, 3.63) is 36.4 Å². The zero-order valence-corrected chi connectivity index (χ0v) is 13.6. The smallest absolute Gasteiger partial charge is 0.213 e. The van der Waals surface area contributed by atoms with Crippen LogP contribution in [0.15, 0.2) is 30.7 Å². The maximum atomic E-state index is 5.51. The Bertz CT molecular complexity index is 871. The number of pyridine rings is 1. The summed E-state index contributed by atoms with van der Waals surface area (Å²) in [4.78, 5) is 9.00. The van der Waals surface area contributed by atoms with Gasteiger partial charge in [-0.25, -0.2) is 14.5 Å². The fourth-order valence-electron chi connectivity index (χ4n) is 3.00. The highest BCUT2D eigenvalue weighted by Crippen LogP contribution is 2.33. The summed E-state index contributed by atoms with van der Waals surface area (Å²) in [5.74, 6) is 1.55. The summed E-state index contributed by atoms with van der Waals surface area (Å²) in [6.07, 6.45) is 6.34. The molecule has 1 unspecified atom stereocenters. The van der Waals surface area contributed by atoms with Crippen LogP contribution in [0.1, 0.15) is 18.0 Å². The van der Waals surface area contributed by atoms with Gasteiger partial charge in [-0.2, -0.15) is 5.10 Å². The minimum atomic E-state index is 0.250. The molecule has 3 aromatic rings. The molecule has 0 aromatic carbocycles. The number of nitrogens with zero attached hydrogens (tertiary/aromatic N) is 4. The van der Waals surface area contributed by atoms with Crippen LogP contribution in [0.25, 0.3) is 16.8 Å². The number of ether oxygens (including phenoxy) is 3. The Balaban J connectivity index is 1.86. The van der Waals surface area contributed by atoms with E-state index in [2.05, 4.69) is 10.1 Å². The standard InChI is InChI=1S/C17H18N4O3/c1-22-14-9-21-17(20-16(14)12-4-6-24-10-12)13(8-19-21)11-3-5-18-15(7-11)23-2/h3,5,7-9,12H,4,6,10H2,1-2H3. The van der Waals surface area contributed by atoms with Crippen molar-refractivity contribution in [1.29, 1.82) is 0 Å². The molecule has 4 heterocycles. The second-order valence-corrected chi connectivity index (χ2v) is 5.67. The first kappa shape index (κ1) is 14.9. The normalized spacial score (nSPS) is 17.3. The number of hydrogen-bond donors (Lipinski definition) is 0. The van der Waals surface area contributed by atoms with Crippen LogP contribution < -0.4 is 9.47 Å². The van der Waals surface area contributed by atoms with Gasteiger partial charge in [0.2, 0.25) is 5.88 Å². The van der Waals surface area contributed by atoms with Crippen LogP contribution in [-0.2, 0) is 4.74 Å². The molecule has 7 nitrogen and oxygen atoms in total. The average molecular weight is 326 g/mol. The van der Waals surface area contributed by atoms with E-state index < -0.39 is 0 Å². The number of hydrogen-bond acceptors (Lipinski definition) is 6. The highest BCUT2D eigenvalue weighted by Gasteiger charge is 2.24. The molecule has 0 N–H and O–H groups in total. The van der Waals surface area contributed by atoms with Crippen molar-refractivity contribution in [2.45, 2.75) is 12.3 Å². The third-order valence-corrected chi connectivity index (χ3v) is 4.28. The predicted molar refractivity (Wildman–Crippen MR) is 87.5 cm³/mol. The predicted octanol–water partition coefficient (Wildman–Crippen LogP) is 2.31. The van der Waals surface area contributed by atoms with E-state index in [1.54, 1.807) is 31.1 Å². The van der Waals surface area contributed by atoms with Crippen LogP contribution in [0.3, 0.4) is 0 Å². The summed E-state index contributed by atoms with van der Waals surface area (Å²) in [6, 6.07) is 3.80. The molecule has 0 spiro atoms. The first-order valence-corrected chi connectivity index (χ1v) is 7.80. The van der Waals surface area contributed by atoms with Gasteiger partial charge in [-0.05, 0) is 18.1 Å². The molecular formula is C17H18N4O3. The average Bonchev–Trinajstić information content (AvgIpc) is 3.30. The van der Waals surface area contributed by atoms with Crippen LogP contribution in [0, 0.1) is 0 Å². The Hall–Kier alpha value is -2.67. The highest BCUT2D eigenvalue weighted by molar-refractivity contribution is 5.77. The number of aromatic nitrogens is 4. The molecule has 1 fully saturated rings. The maximum Gasteiger partial charge on any atom is 0.213 e. The first-order chi connectivity index (χ1) is 11.8. The van der Waals surface area contributed by atoms with E-state index in [1.165, 1.54) is 0 Å². The monoisotopic (exact) mass is 326 g/mol. The largest absolute Gasteiger partial charge is 0.493 e. The van der Waals surface area contributed by atoms with Crippen LogP contribution in [0.5, 0.6) is 11.6 Å². The van der Waals surface area contributed by atoms with Crippen LogP contribution in [-0.4, -0.2) is 47.0 Å². The van der Waals surface area contributed by atoms with Gasteiger partial charge in [0.05, 0.1) is 38.9 Å². The van der Waals surface area contributed by atoms with Crippen LogP contribution >= 0.6 is 0 Å². The molecule has 1 aliphatic rings. The van der Waals surface area contributed by atoms with Crippen molar-refractivity contribution in [1.82, 2.24) is 19.6 Å². The second kappa shape index (κ2) is 6.09. The lowest BCUT2D eigenvalue weighted by atomic mass is 10.0. The molecule has 0 bridgehead atoms. The third-order valence-electron chi connectivity index (χ3n) is 4.28. The molecule has 3 aromatic heterocycles. The molecule has 24 heavy (non-hydrogen) atoms. The van der Waals surface area contributed by atoms with Gasteiger partial charge in [-0.3, -0.25) is 0 Å². The summed E-state index contributed by atoms with van der Waals surface area (Å²) in [7, 11) is 3.25. The van der Waals surface area contributed by atoms with Gasteiger partial charge >= 0.3 is 0 Å². The molecule has 0 amide bonds. The zero-order valence-electron chi connectivity index (χ0n) is 13.6. The highest BCUT2D eigenvalue weighted by atomic mass is 16.5. The molecule has 124 valence electrons. The minimum Gasteiger partial charge on any atom is -0.493 e. The van der Waals surface area contributed by atoms with Crippen LogP contribution in [0.4, 0.5) is 0 Å². The minimum absolute atomic E-state index is 0.250. The molecule has 1 aliphatic heterocycles. The van der Waals surface area contributed by atoms with Crippen molar-refractivity contribution >= 4 is 5.65 Å². The van der Waals surface area contributed by atoms with Gasteiger partial charge in [0.15, 0.2) is 11.4 Å². The fourth-order valence-corrected chi connectivity index (χ4v) is 3.00. The third kappa shape index (κ3) is 2.46. The second-order valence-electron chi connectivity index (χ2n) is 5.67. The number of rotatable bonds is 4. The lowest BCUT2D eigenvalue weighted by Crippen LogP contribution is -2.06. The molecule has 4 rings (SSSR count). The van der Waals surface area contributed by atoms with Gasteiger partial charge in [-0.1, -0.05) is 0 Å². The zero-order chi connectivity index (χ0) is 16.5. The van der Waals surface area contributed by atoms with Gasteiger partial charge < -0.3 is 14.2 Å². The van der Waals surface area contributed by atoms with Gasteiger partial charge in [-0.15, -0.1) is 0 Å². The van der Waals surface area contributed by atoms with Gasteiger partial charge in [0.1, 0.15) is 0 Å². The van der Waals surface area contributed by atoms with Crippen molar-refractivity contribution in [2.75, 3.05) is 27.4 Å². The summed E-state index contributed by atoms with van der Waals surface area (Å²) in [5, 5.41) is 4.41. The van der Waals surface area contributed by atoms with Gasteiger partial charge in [0.25, 0.3) is 0 Å². The summed E-state index contributed by atoms with van der Waals surface area (Å²) in [5.41, 5.74) is 3.60. The summed E-state index contributed by atoms with van der Waals surface area (Å²) < 4.78 is 18.0. The van der Waals surface area contributed by atoms with E-state index in [1.807, 2.05) is 18.3 Å².